The molecule has 2 aromatic rings. The van der Waals surface area contributed by atoms with Crippen LogP contribution in [0.1, 0.15) is 16.8 Å². The molecule has 0 unspecified atom stereocenters. The maximum Gasteiger partial charge on any atom is 0.416 e. The Balaban J connectivity index is 2.06. The highest BCUT2D eigenvalue weighted by atomic mass is 19.4. The van der Waals surface area contributed by atoms with Crippen LogP contribution in [0.4, 0.5) is 13.2 Å². The van der Waals surface area contributed by atoms with E-state index < -0.39 is 11.7 Å². The lowest BCUT2D eigenvalue weighted by Gasteiger charge is -2.07. The Hall–Kier alpha value is -1.89. The summed E-state index contributed by atoms with van der Waals surface area (Å²) < 4.78 is 38.7. The van der Waals surface area contributed by atoms with Crippen LogP contribution in [-0.4, -0.2) is 26.7 Å². The third-order valence-corrected chi connectivity index (χ3v) is 2.58. The third kappa shape index (κ3) is 3.54. The van der Waals surface area contributed by atoms with Crippen molar-refractivity contribution in [3.8, 4) is 0 Å². The van der Waals surface area contributed by atoms with E-state index in [0.29, 0.717) is 24.2 Å². The van der Waals surface area contributed by atoms with Crippen molar-refractivity contribution >= 4 is 0 Å². The van der Waals surface area contributed by atoms with Crippen molar-refractivity contribution in [1.29, 1.82) is 0 Å². The Morgan fingerprint density at radius 3 is 2.42 bits per heavy atom. The SMILES string of the molecule is OCCc1cn(Cc2ccc(C(F)(F)F)cc2)nn1. The summed E-state index contributed by atoms with van der Waals surface area (Å²) in [6.07, 6.45) is -2.25. The first-order valence-corrected chi connectivity index (χ1v) is 5.65. The fourth-order valence-electron chi connectivity index (χ4n) is 1.63. The number of hydrogen-bond acceptors (Lipinski definition) is 3. The van der Waals surface area contributed by atoms with Crippen LogP contribution < -0.4 is 0 Å². The van der Waals surface area contributed by atoms with Crippen LogP contribution in [0.5, 0.6) is 0 Å². The highest BCUT2D eigenvalue weighted by Gasteiger charge is 2.29. The zero-order valence-corrected chi connectivity index (χ0v) is 9.93. The molecule has 7 heteroatoms. The van der Waals surface area contributed by atoms with Crippen molar-refractivity contribution in [2.24, 2.45) is 0 Å². The Bertz CT molecular complexity index is 534. The second-order valence-electron chi connectivity index (χ2n) is 4.08. The first-order valence-electron chi connectivity index (χ1n) is 5.65. The van der Waals surface area contributed by atoms with Crippen molar-refractivity contribution in [2.75, 3.05) is 6.61 Å². The van der Waals surface area contributed by atoms with Crippen LogP contribution >= 0.6 is 0 Å². The zero-order valence-electron chi connectivity index (χ0n) is 9.93. The minimum atomic E-state index is -4.32. The summed E-state index contributed by atoms with van der Waals surface area (Å²) in [4.78, 5) is 0. The van der Waals surface area contributed by atoms with Gasteiger partial charge in [0.2, 0.25) is 0 Å². The molecule has 0 aliphatic rings. The van der Waals surface area contributed by atoms with Gasteiger partial charge in [-0.3, -0.25) is 0 Å². The first kappa shape index (κ1) is 13.5. The number of aromatic nitrogens is 3. The maximum atomic E-state index is 12.4. The maximum absolute atomic E-state index is 12.4. The molecule has 102 valence electrons. The van der Waals surface area contributed by atoms with Gasteiger partial charge in [-0.1, -0.05) is 17.3 Å². The van der Waals surface area contributed by atoms with Gasteiger partial charge in [-0.05, 0) is 17.7 Å². The summed E-state index contributed by atoms with van der Waals surface area (Å²) in [6.45, 7) is 0.329. The fourth-order valence-corrected chi connectivity index (χ4v) is 1.63. The number of nitrogens with zero attached hydrogens (tertiary/aromatic N) is 3. The molecule has 0 bridgehead atoms. The number of hydrogen-bond donors (Lipinski definition) is 1. The second kappa shape index (κ2) is 5.40. The molecule has 4 nitrogen and oxygen atoms in total. The summed E-state index contributed by atoms with van der Waals surface area (Å²) in [5.74, 6) is 0. The van der Waals surface area contributed by atoms with Crippen molar-refractivity contribution in [1.82, 2.24) is 15.0 Å². The monoisotopic (exact) mass is 271 g/mol. The molecular weight excluding hydrogens is 259 g/mol. The van der Waals surface area contributed by atoms with E-state index in [9.17, 15) is 13.2 Å². The Morgan fingerprint density at radius 2 is 1.84 bits per heavy atom. The van der Waals surface area contributed by atoms with Crippen molar-refractivity contribution in [2.45, 2.75) is 19.1 Å². The summed E-state index contributed by atoms with van der Waals surface area (Å²) in [7, 11) is 0. The van der Waals surface area contributed by atoms with Crippen molar-refractivity contribution in [3.63, 3.8) is 0 Å². The van der Waals surface area contributed by atoms with Gasteiger partial charge in [-0.15, -0.1) is 5.10 Å². The van der Waals surface area contributed by atoms with Crippen LogP contribution in [0.2, 0.25) is 0 Å². The quantitative estimate of drug-likeness (QED) is 0.923. The van der Waals surface area contributed by atoms with E-state index in [2.05, 4.69) is 10.3 Å². The number of rotatable bonds is 4. The molecular formula is C12H12F3N3O. The summed E-state index contributed by atoms with van der Waals surface area (Å²) in [6, 6.07) is 4.91. The summed E-state index contributed by atoms with van der Waals surface area (Å²) >= 11 is 0. The molecule has 0 radical (unpaired) electrons. The summed E-state index contributed by atoms with van der Waals surface area (Å²) in [5.41, 5.74) is 0.679. The summed E-state index contributed by atoms with van der Waals surface area (Å²) in [5, 5.41) is 16.4. The van der Waals surface area contributed by atoms with Gasteiger partial charge in [0, 0.05) is 19.2 Å². The molecule has 0 amide bonds. The van der Waals surface area contributed by atoms with Crippen LogP contribution in [0, 0.1) is 0 Å². The molecule has 0 saturated carbocycles. The van der Waals surface area contributed by atoms with Crippen molar-refractivity contribution in [3.05, 3.63) is 47.3 Å². The van der Waals surface area contributed by atoms with Crippen LogP contribution in [-0.2, 0) is 19.1 Å². The van der Waals surface area contributed by atoms with Gasteiger partial charge in [0.05, 0.1) is 17.8 Å². The lowest BCUT2D eigenvalue weighted by Crippen LogP contribution is -2.05. The minimum Gasteiger partial charge on any atom is -0.396 e. The number of aliphatic hydroxyl groups excluding tert-OH is 1. The molecule has 0 saturated heterocycles. The number of halogens is 3. The topological polar surface area (TPSA) is 50.9 Å². The van der Waals surface area contributed by atoms with Gasteiger partial charge in [-0.2, -0.15) is 13.2 Å². The van der Waals surface area contributed by atoms with Gasteiger partial charge in [-0.25, -0.2) is 4.68 Å². The minimum absolute atomic E-state index is 0.0149. The highest BCUT2D eigenvalue weighted by Crippen LogP contribution is 2.29. The Kier molecular flexibility index (Phi) is 3.84. The largest absolute Gasteiger partial charge is 0.416 e. The predicted octanol–water partition coefficient (Wildman–Crippen LogP) is 1.88. The van der Waals surface area contributed by atoms with Crippen molar-refractivity contribution < 1.29 is 18.3 Å². The van der Waals surface area contributed by atoms with Gasteiger partial charge in [0.25, 0.3) is 0 Å². The highest BCUT2D eigenvalue weighted by molar-refractivity contribution is 5.24. The third-order valence-electron chi connectivity index (χ3n) is 2.58. The molecule has 19 heavy (non-hydrogen) atoms. The molecule has 0 atom stereocenters. The average Bonchev–Trinajstić information content (AvgIpc) is 2.77. The normalized spacial score (nSPS) is 11.8. The Labute approximate surface area is 107 Å². The smallest absolute Gasteiger partial charge is 0.396 e. The lowest BCUT2D eigenvalue weighted by atomic mass is 10.1. The van der Waals surface area contributed by atoms with E-state index in [1.54, 1.807) is 6.20 Å². The molecule has 1 aromatic heterocycles. The van der Waals surface area contributed by atoms with Gasteiger partial charge < -0.3 is 5.11 Å². The number of benzene rings is 1. The average molecular weight is 271 g/mol. The Morgan fingerprint density at radius 1 is 1.16 bits per heavy atom. The molecule has 0 fully saturated rings. The first-order chi connectivity index (χ1) is 8.99. The molecule has 0 aliphatic carbocycles. The van der Waals surface area contributed by atoms with Gasteiger partial charge >= 0.3 is 6.18 Å². The van der Waals surface area contributed by atoms with E-state index in [4.69, 9.17) is 5.11 Å². The number of alkyl halides is 3. The van der Waals surface area contributed by atoms with Crippen LogP contribution in [0.3, 0.4) is 0 Å². The molecule has 0 aliphatic heterocycles. The van der Waals surface area contributed by atoms with E-state index in [-0.39, 0.29) is 6.61 Å². The van der Waals surface area contributed by atoms with E-state index in [1.165, 1.54) is 16.8 Å². The van der Waals surface area contributed by atoms with Crippen LogP contribution in [0.15, 0.2) is 30.5 Å². The van der Waals surface area contributed by atoms with E-state index >= 15 is 0 Å². The van der Waals surface area contributed by atoms with Gasteiger partial charge in [0.15, 0.2) is 0 Å². The number of aliphatic hydroxyl groups is 1. The van der Waals surface area contributed by atoms with E-state index in [1.807, 2.05) is 0 Å². The fraction of sp³-hybridized carbons (Fsp3) is 0.333. The predicted molar refractivity (Wildman–Crippen MR) is 61.4 cm³/mol. The lowest BCUT2D eigenvalue weighted by molar-refractivity contribution is -0.137. The zero-order chi connectivity index (χ0) is 13.9. The second-order valence-corrected chi connectivity index (χ2v) is 4.08. The standard InChI is InChI=1S/C12H12F3N3O/c13-12(14,15)10-3-1-9(2-4-10)7-18-8-11(5-6-19)16-17-18/h1-4,8,19H,5-7H2. The van der Waals surface area contributed by atoms with Gasteiger partial charge in [0.1, 0.15) is 0 Å². The molecule has 1 N–H and O–H groups in total. The molecule has 1 aromatic carbocycles. The molecule has 1 heterocycles. The molecule has 0 spiro atoms. The molecule has 2 rings (SSSR count). The van der Waals surface area contributed by atoms with E-state index in [0.717, 1.165) is 12.1 Å². The van der Waals surface area contributed by atoms with Crippen LogP contribution in [0.25, 0.3) is 0 Å².